The molecule has 0 bridgehead atoms. The van der Waals surface area contributed by atoms with Crippen molar-refractivity contribution in [3.05, 3.63) is 59.7 Å². The number of carbonyl (C=O) groups is 1. The Morgan fingerprint density at radius 2 is 1.79 bits per heavy atom. The van der Waals surface area contributed by atoms with E-state index in [0.717, 1.165) is 30.2 Å². The first-order valence-electron chi connectivity index (χ1n) is 10.0. The molecule has 1 amide bonds. The molecule has 0 saturated carbocycles. The van der Waals surface area contributed by atoms with E-state index in [1.54, 1.807) is 7.11 Å². The molecule has 1 N–H and O–H groups in total. The van der Waals surface area contributed by atoms with Crippen molar-refractivity contribution >= 4 is 5.91 Å². The molecule has 1 saturated heterocycles. The van der Waals surface area contributed by atoms with Gasteiger partial charge in [0.05, 0.1) is 13.2 Å². The van der Waals surface area contributed by atoms with Gasteiger partial charge in [-0.15, -0.1) is 0 Å². The van der Waals surface area contributed by atoms with Crippen LogP contribution in [-0.2, 0) is 4.79 Å². The summed E-state index contributed by atoms with van der Waals surface area (Å²) in [6.07, 6.45) is 3.69. The van der Waals surface area contributed by atoms with Crippen LogP contribution in [0.25, 0.3) is 0 Å². The van der Waals surface area contributed by atoms with Crippen molar-refractivity contribution in [1.29, 1.82) is 0 Å². The highest BCUT2D eigenvalue weighted by molar-refractivity contribution is 5.77. The summed E-state index contributed by atoms with van der Waals surface area (Å²) in [4.78, 5) is 14.8. The number of nitrogens with one attached hydrogen (secondary N) is 1. The van der Waals surface area contributed by atoms with Crippen molar-refractivity contribution in [1.82, 2.24) is 10.2 Å². The molecule has 0 radical (unpaired) electrons. The van der Waals surface area contributed by atoms with E-state index >= 15 is 0 Å². The summed E-state index contributed by atoms with van der Waals surface area (Å²) < 4.78 is 10.9. The first-order valence-corrected chi connectivity index (χ1v) is 10.0. The number of likely N-dealkylation sites (tertiary alicyclic amines) is 1. The third-order valence-electron chi connectivity index (χ3n) is 5.28. The standard InChI is InChI=1S/C23H30N2O3/c1-18-8-4-5-9-22(18)28-17-23(26)24-16-21(25-14-6-3-7-15-25)19-10-12-20(27-2)13-11-19/h4-5,8-13,21H,3,6-7,14-17H2,1-2H3,(H,24,26)/t21-/m1/s1. The van der Waals surface area contributed by atoms with Crippen LogP contribution < -0.4 is 14.8 Å². The normalized spacial score (nSPS) is 15.6. The Bertz CT molecular complexity index is 755. The second kappa shape index (κ2) is 10.1. The summed E-state index contributed by atoms with van der Waals surface area (Å²) in [5.41, 5.74) is 2.22. The number of amides is 1. The number of rotatable bonds is 8. The molecule has 5 heteroatoms. The quantitative estimate of drug-likeness (QED) is 0.756. The molecule has 28 heavy (non-hydrogen) atoms. The highest BCUT2D eigenvalue weighted by Gasteiger charge is 2.23. The molecule has 1 atom stereocenters. The van der Waals surface area contributed by atoms with Gasteiger partial charge in [-0.1, -0.05) is 36.8 Å². The Morgan fingerprint density at radius 3 is 2.46 bits per heavy atom. The van der Waals surface area contributed by atoms with E-state index in [0.29, 0.717) is 6.54 Å². The summed E-state index contributed by atoms with van der Waals surface area (Å²) >= 11 is 0. The fourth-order valence-electron chi connectivity index (χ4n) is 3.64. The molecular formula is C23H30N2O3. The molecule has 0 aromatic heterocycles. The zero-order valence-electron chi connectivity index (χ0n) is 16.8. The number of carbonyl (C=O) groups excluding carboxylic acids is 1. The summed E-state index contributed by atoms with van der Waals surface area (Å²) in [7, 11) is 1.67. The molecule has 1 heterocycles. The van der Waals surface area contributed by atoms with Gasteiger partial charge in [0, 0.05) is 6.54 Å². The average molecular weight is 383 g/mol. The number of hydrogen-bond donors (Lipinski definition) is 1. The van der Waals surface area contributed by atoms with Crippen LogP contribution in [0, 0.1) is 6.92 Å². The lowest BCUT2D eigenvalue weighted by Gasteiger charge is -2.35. The van der Waals surface area contributed by atoms with Crippen molar-refractivity contribution in [2.75, 3.05) is 33.4 Å². The Morgan fingerprint density at radius 1 is 1.07 bits per heavy atom. The minimum absolute atomic E-state index is 0.0280. The van der Waals surface area contributed by atoms with Crippen LogP contribution in [0.5, 0.6) is 11.5 Å². The number of piperidine rings is 1. The van der Waals surface area contributed by atoms with Crippen LogP contribution in [0.3, 0.4) is 0 Å². The number of hydrogen-bond acceptors (Lipinski definition) is 4. The maximum atomic E-state index is 12.4. The van der Waals surface area contributed by atoms with E-state index < -0.39 is 0 Å². The zero-order valence-corrected chi connectivity index (χ0v) is 16.8. The molecular weight excluding hydrogens is 352 g/mol. The fraction of sp³-hybridized carbons (Fsp3) is 0.435. The number of methoxy groups -OCH3 is 1. The predicted octanol–water partition coefficient (Wildman–Crippen LogP) is 3.73. The molecule has 2 aromatic rings. The van der Waals surface area contributed by atoms with E-state index in [1.807, 2.05) is 43.3 Å². The summed E-state index contributed by atoms with van der Waals surface area (Å²) in [5, 5.41) is 3.06. The van der Waals surface area contributed by atoms with Crippen molar-refractivity contribution in [2.45, 2.75) is 32.2 Å². The number of ether oxygens (including phenoxy) is 2. The summed E-state index contributed by atoms with van der Waals surface area (Å²) in [6, 6.07) is 16.0. The SMILES string of the molecule is COc1ccc([C@@H](CNC(=O)COc2ccccc2C)N2CCCCC2)cc1. The van der Waals surface area contributed by atoms with Gasteiger partial charge in [-0.05, 0) is 62.2 Å². The van der Waals surface area contributed by atoms with Gasteiger partial charge in [-0.3, -0.25) is 9.69 Å². The maximum absolute atomic E-state index is 12.4. The van der Waals surface area contributed by atoms with E-state index in [9.17, 15) is 4.79 Å². The third kappa shape index (κ3) is 5.49. The van der Waals surface area contributed by atoms with Gasteiger partial charge in [0.2, 0.25) is 0 Å². The maximum Gasteiger partial charge on any atom is 0.258 e. The molecule has 3 rings (SSSR count). The Hall–Kier alpha value is -2.53. The van der Waals surface area contributed by atoms with Crippen LogP contribution in [0.1, 0.15) is 36.4 Å². The highest BCUT2D eigenvalue weighted by Crippen LogP contribution is 2.26. The molecule has 2 aromatic carbocycles. The summed E-state index contributed by atoms with van der Waals surface area (Å²) in [5.74, 6) is 1.50. The van der Waals surface area contributed by atoms with Crippen LogP contribution in [0.4, 0.5) is 0 Å². The highest BCUT2D eigenvalue weighted by atomic mass is 16.5. The second-order valence-corrected chi connectivity index (χ2v) is 7.24. The molecule has 5 nitrogen and oxygen atoms in total. The van der Waals surface area contributed by atoms with Crippen molar-refractivity contribution in [2.24, 2.45) is 0 Å². The van der Waals surface area contributed by atoms with Crippen LogP contribution >= 0.6 is 0 Å². The smallest absolute Gasteiger partial charge is 0.258 e. The minimum atomic E-state index is -0.0984. The van der Waals surface area contributed by atoms with Gasteiger partial charge >= 0.3 is 0 Å². The molecule has 1 aliphatic heterocycles. The number of para-hydroxylation sites is 1. The van der Waals surface area contributed by atoms with Crippen molar-refractivity contribution in [3.63, 3.8) is 0 Å². The van der Waals surface area contributed by atoms with Crippen LogP contribution in [0.15, 0.2) is 48.5 Å². The first kappa shape index (κ1) is 20.2. The minimum Gasteiger partial charge on any atom is -0.497 e. The Balaban J connectivity index is 1.60. The number of benzene rings is 2. The van der Waals surface area contributed by atoms with Gasteiger partial charge in [-0.2, -0.15) is 0 Å². The number of aryl methyl sites for hydroxylation is 1. The third-order valence-corrected chi connectivity index (χ3v) is 5.28. The fourth-order valence-corrected chi connectivity index (χ4v) is 3.64. The van der Waals surface area contributed by atoms with E-state index in [2.05, 4.69) is 22.3 Å². The van der Waals surface area contributed by atoms with Gasteiger partial charge in [0.1, 0.15) is 11.5 Å². The Labute approximate surface area is 167 Å². The molecule has 1 aliphatic rings. The molecule has 1 fully saturated rings. The monoisotopic (exact) mass is 382 g/mol. The lowest BCUT2D eigenvalue weighted by molar-refractivity contribution is -0.123. The predicted molar refractivity (Wildman–Crippen MR) is 111 cm³/mol. The van der Waals surface area contributed by atoms with Crippen LogP contribution in [-0.4, -0.2) is 44.2 Å². The lowest BCUT2D eigenvalue weighted by Crippen LogP contribution is -2.41. The Kier molecular flexibility index (Phi) is 7.31. The van der Waals surface area contributed by atoms with E-state index in [-0.39, 0.29) is 18.6 Å². The van der Waals surface area contributed by atoms with Crippen LogP contribution in [0.2, 0.25) is 0 Å². The largest absolute Gasteiger partial charge is 0.497 e. The first-order chi connectivity index (χ1) is 13.7. The molecule has 0 spiro atoms. The van der Waals surface area contributed by atoms with E-state index in [4.69, 9.17) is 9.47 Å². The van der Waals surface area contributed by atoms with E-state index in [1.165, 1.54) is 24.8 Å². The van der Waals surface area contributed by atoms with Gasteiger partial charge in [0.15, 0.2) is 6.61 Å². The number of nitrogens with zero attached hydrogens (tertiary/aromatic N) is 1. The van der Waals surface area contributed by atoms with Gasteiger partial charge in [-0.25, -0.2) is 0 Å². The zero-order chi connectivity index (χ0) is 19.8. The van der Waals surface area contributed by atoms with Crippen molar-refractivity contribution in [3.8, 4) is 11.5 Å². The second-order valence-electron chi connectivity index (χ2n) is 7.24. The lowest BCUT2D eigenvalue weighted by atomic mass is 10.0. The molecule has 0 unspecified atom stereocenters. The van der Waals surface area contributed by atoms with Gasteiger partial charge in [0.25, 0.3) is 5.91 Å². The topological polar surface area (TPSA) is 50.8 Å². The molecule has 0 aliphatic carbocycles. The molecule has 150 valence electrons. The van der Waals surface area contributed by atoms with Crippen molar-refractivity contribution < 1.29 is 14.3 Å². The average Bonchev–Trinajstić information content (AvgIpc) is 2.74. The summed E-state index contributed by atoms with van der Waals surface area (Å²) in [6.45, 7) is 4.70. The van der Waals surface area contributed by atoms with Gasteiger partial charge < -0.3 is 14.8 Å².